The van der Waals surface area contributed by atoms with Crippen molar-refractivity contribution in [3.8, 4) is 11.4 Å². The number of para-hydroxylation sites is 1. The van der Waals surface area contributed by atoms with Gasteiger partial charge >= 0.3 is 11.3 Å². The minimum Gasteiger partial charge on any atom is -0.422 e. The van der Waals surface area contributed by atoms with Gasteiger partial charge < -0.3 is 9.73 Å². The van der Waals surface area contributed by atoms with Crippen molar-refractivity contribution in [1.29, 1.82) is 0 Å². The Morgan fingerprint density at radius 1 is 1.16 bits per heavy atom. The van der Waals surface area contributed by atoms with Crippen molar-refractivity contribution in [2.75, 3.05) is 6.54 Å². The Labute approximate surface area is 176 Å². The molecule has 1 saturated carbocycles. The predicted octanol–water partition coefficient (Wildman–Crippen LogP) is 1.98. The fourth-order valence-electron chi connectivity index (χ4n) is 3.51. The third-order valence-corrected chi connectivity index (χ3v) is 5.20. The van der Waals surface area contributed by atoms with Gasteiger partial charge in [0.2, 0.25) is 0 Å². The molecule has 5 rings (SSSR count). The summed E-state index contributed by atoms with van der Waals surface area (Å²) >= 11 is 0. The molecule has 0 radical (unpaired) electrons. The molecular weight excluding hydrogens is 398 g/mol. The summed E-state index contributed by atoms with van der Waals surface area (Å²) in [6, 6.07) is 12.3. The zero-order valence-electron chi connectivity index (χ0n) is 16.5. The highest BCUT2D eigenvalue weighted by molar-refractivity contribution is 5.96. The van der Waals surface area contributed by atoms with E-state index in [0.29, 0.717) is 16.8 Å². The monoisotopic (exact) mass is 417 g/mol. The van der Waals surface area contributed by atoms with E-state index in [1.54, 1.807) is 47.3 Å². The van der Waals surface area contributed by atoms with Crippen LogP contribution in [0.15, 0.2) is 68.9 Å². The van der Waals surface area contributed by atoms with E-state index in [2.05, 4.69) is 15.4 Å². The van der Waals surface area contributed by atoms with Crippen LogP contribution in [0.1, 0.15) is 29.2 Å². The molecule has 0 spiro atoms. The van der Waals surface area contributed by atoms with Crippen LogP contribution < -0.4 is 16.6 Å². The number of hydrogen-bond acceptors (Lipinski definition) is 6. The van der Waals surface area contributed by atoms with Gasteiger partial charge in [0.15, 0.2) is 5.82 Å². The molecule has 0 saturated heterocycles. The van der Waals surface area contributed by atoms with Crippen molar-refractivity contribution < 1.29 is 9.21 Å². The Hall–Kier alpha value is -4.01. The second-order valence-electron chi connectivity index (χ2n) is 7.41. The van der Waals surface area contributed by atoms with Crippen LogP contribution in [0, 0.1) is 0 Å². The quantitative estimate of drug-likeness (QED) is 0.480. The number of amides is 1. The van der Waals surface area contributed by atoms with Gasteiger partial charge in [0.05, 0.1) is 6.54 Å². The lowest BCUT2D eigenvalue weighted by molar-refractivity contribution is 0.0948. The summed E-state index contributed by atoms with van der Waals surface area (Å²) in [5.41, 5.74) is 0.184. The SMILES string of the molecule is O=C(NCCn1nc(-c2cccnc2)n(C2CC2)c1=O)c1cc2ccccc2oc1=O. The molecular formula is C22H19N5O4. The Balaban J connectivity index is 1.34. The summed E-state index contributed by atoms with van der Waals surface area (Å²) in [7, 11) is 0. The van der Waals surface area contributed by atoms with Gasteiger partial charge in [-0.05, 0) is 37.1 Å². The summed E-state index contributed by atoms with van der Waals surface area (Å²) in [4.78, 5) is 41.6. The van der Waals surface area contributed by atoms with Gasteiger partial charge in [-0.1, -0.05) is 18.2 Å². The van der Waals surface area contributed by atoms with Crippen LogP contribution in [-0.4, -0.2) is 31.8 Å². The second-order valence-corrected chi connectivity index (χ2v) is 7.41. The van der Waals surface area contributed by atoms with Gasteiger partial charge in [-0.15, -0.1) is 5.10 Å². The highest BCUT2D eigenvalue weighted by atomic mass is 16.4. The number of pyridine rings is 1. The summed E-state index contributed by atoms with van der Waals surface area (Å²) in [5.74, 6) is 0.0174. The number of carbonyl (C=O) groups excluding carboxylic acids is 1. The molecule has 1 N–H and O–H groups in total. The van der Waals surface area contributed by atoms with Crippen LogP contribution in [0.5, 0.6) is 0 Å². The third kappa shape index (κ3) is 3.65. The number of nitrogens with zero attached hydrogens (tertiary/aromatic N) is 4. The van der Waals surface area contributed by atoms with Crippen LogP contribution in [0.4, 0.5) is 0 Å². The van der Waals surface area contributed by atoms with Crippen LogP contribution in [0.2, 0.25) is 0 Å². The van der Waals surface area contributed by atoms with E-state index in [9.17, 15) is 14.4 Å². The number of rotatable bonds is 6. The van der Waals surface area contributed by atoms with Crippen LogP contribution in [-0.2, 0) is 6.54 Å². The van der Waals surface area contributed by atoms with Gasteiger partial charge in [0.25, 0.3) is 5.91 Å². The van der Waals surface area contributed by atoms with Gasteiger partial charge in [-0.25, -0.2) is 14.3 Å². The van der Waals surface area contributed by atoms with E-state index in [1.165, 1.54) is 10.7 Å². The number of carbonyl (C=O) groups is 1. The van der Waals surface area contributed by atoms with Gasteiger partial charge in [0, 0.05) is 35.9 Å². The molecule has 3 aromatic heterocycles. The normalized spacial score (nSPS) is 13.4. The Bertz CT molecular complexity index is 1380. The van der Waals surface area contributed by atoms with Crippen molar-refractivity contribution in [2.45, 2.75) is 25.4 Å². The molecule has 1 amide bonds. The molecule has 9 nitrogen and oxygen atoms in total. The van der Waals surface area contributed by atoms with Gasteiger partial charge in [-0.3, -0.25) is 14.3 Å². The largest absolute Gasteiger partial charge is 0.422 e. The topological polar surface area (TPSA) is 112 Å². The molecule has 1 aromatic carbocycles. The zero-order valence-corrected chi connectivity index (χ0v) is 16.5. The summed E-state index contributed by atoms with van der Waals surface area (Å²) in [5, 5.41) is 7.80. The maximum absolute atomic E-state index is 12.9. The van der Waals surface area contributed by atoms with E-state index in [0.717, 1.165) is 18.4 Å². The minimum absolute atomic E-state index is 0.0781. The minimum atomic E-state index is -0.703. The summed E-state index contributed by atoms with van der Waals surface area (Å²) in [6.07, 6.45) is 5.21. The number of benzene rings is 1. The molecule has 4 aromatic rings. The molecule has 156 valence electrons. The third-order valence-electron chi connectivity index (χ3n) is 5.20. The zero-order chi connectivity index (χ0) is 21.4. The number of hydrogen-bond donors (Lipinski definition) is 1. The maximum atomic E-state index is 12.9. The average Bonchev–Trinajstić information content (AvgIpc) is 3.57. The lowest BCUT2D eigenvalue weighted by Gasteiger charge is -2.05. The average molecular weight is 417 g/mol. The van der Waals surface area contributed by atoms with Crippen molar-refractivity contribution in [1.82, 2.24) is 24.6 Å². The van der Waals surface area contributed by atoms with Crippen molar-refractivity contribution >= 4 is 16.9 Å². The van der Waals surface area contributed by atoms with Gasteiger partial charge in [-0.2, -0.15) is 0 Å². The molecule has 9 heteroatoms. The number of nitrogens with one attached hydrogen (secondary N) is 1. The van der Waals surface area contributed by atoms with E-state index >= 15 is 0 Å². The summed E-state index contributed by atoms with van der Waals surface area (Å²) < 4.78 is 8.23. The van der Waals surface area contributed by atoms with E-state index in [4.69, 9.17) is 4.42 Å². The first-order valence-corrected chi connectivity index (χ1v) is 10.0. The molecule has 3 heterocycles. The fourth-order valence-corrected chi connectivity index (χ4v) is 3.51. The highest BCUT2D eigenvalue weighted by Crippen LogP contribution is 2.36. The highest BCUT2D eigenvalue weighted by Gasteiger charge is 2.30. The lowest BCUT2D eigenvalue weighted by atomic mass is 10.2. The molecule has 0 aliphatic heterocycles. The first kappa shape index (κ1) is 19.0. The van der Waals surface area contributed by atoms with Crippen molar-refractivity contribution in [3.05, 3.63) is 81.3 Å². The number of fused-ring (bicyclic) bond motifs is 1. The van der Waals surface area contributed by atoms with Crippen molar-refractivity contribution in [3.63, 3.8) is 0 Å². The molecule has 31 heavy (non-hydrogen) atoms. The number of aromatic nitrogens is 4. The van der Waals surface area contributed by atoms with Crippen molar-refractivity contribution in [2.24, 2.45) is 0 Å². The van der Waals surface area contributed by atoms with E-state index in [-0.39, 0.29) is 30.4 Å². The lowest BCUT2D eigenvalue weighted by Crippen LogP contribution is -2.34. The van der Waals surface area contributed by atoms with E-state index in [1.807, 2.05) is 6.07 Å². The van der Waals surface area contributed by atoms with Crippen LogP contribution >= 0.6 is 0 Å². The maximum Gasteiger partial charge on any atom is 0.349 e. The molecule has 0 bridgehead atoms. The Morgan fingerprint density at radius 2 is 2.00 bits per heavy atom. The Kier molecular flexibility index (Phi) is 4.70. The van der Waals surface area contributed by atoms with E-state index < -0.39 is 11.5 Å². The van der Waals surface area contributed by atoms with Gasteiger partial charge in [0.1, 0.15) is 11.1 Å². The molecule has 1 aliphatic carbocycles. The standard InChI is InChI=1S/C22H19N5O4/c28-20(17-12-14-4-1-2-6-18(14)31-21(17)29)24-10-11-26-22(30)27(16-7-8-16)19(25-26)15-5-3-9-23-13-15/h1-6,9,12-13,16H,7-8,10-11H2,(H,24,28). The molecule has 1 aliphatic rings. The second kappa shape index (κ2) is 7.67. The smallest absolute Gasteiger partial charge is 0.349 e. The predicted molar refractivity (Wildman–Crippen MR) is 113 cm³/mol. The fraction of sp³-hybridized carbons (Fsp3) is 0.227. The summed E-state index contributed by atoms with van der Waals surface area (Å²) in [6.45, 7) is 0.315. The Morgan fingerprint density at radius 3 is 2.77 bits per heavy atom. The first-order valence-electron chi connectivity index (χ1n) is 10.0. The molecule has 0 atom stereocenters. The molecule has 1 fully saturated rings. The van der Waals surface area contributed by atoms with Crippen LogP contribution in [0.25, 0.3) is 22.4 Å². The van der Waals surface area contributed by atoms with Crippen LogP contribution in [0.3, 0.4) is 0 Å². The molecule has 0 unspecified atom stereocenters. The first-order chi connectivity index (χ1) is 15.1.